The average molecular weight is 361 g/mol. The minimum absolute atomic E-state index is 0.0139. The molecule has 2 aliphatic heterocycles. The Labute approximate surface area is 156 Å². The number of morpholine rings is 1. The van der Waals surface area contributed by atoms with Gasteiger partial charge in [-0.1, -0.05) is 12.8 Å². The fourth-order valence-corrected chi connectivity index (χ4v) is 5.06. The van der Waals surface area contributed by atoms with E-state index in [0.29, 0.717) is 5.92 Å². The number of ether oxygens (including phenoxy) is 1. The van der Waals surface area contributed by atoms with Crippen molar-refractivity contribution in [1.29, 1.82) is 0 Å². The van der Waals surface area contributed by atoms with E-state index in [-0.39, 0.29) is 17.8 Å². The molecular formula is C20H32N4O2. The van der Waals surface area contributed by atoms with Crippen molar-refractivity contribution in [3.8, 4) is 0 Å². The highest BCUT2D eigenvalue weighted by Gasteiger charge is 2.46. The summed E-state index contributed by atoms with van der Waals surface area (Å²) in [6, 6.07) is 2.13. The molecule has 1 aliphatic carbocycles. The topological polar surface area (TPSA) is 61.7 Å². The van der Waals surface area contributed by atoms with Gasteiger partial charge in [0.2, 0.25) is 0 Å². The number of rotatable bonds is 3. The molecule has 4 rings (SSSR count). The molecule has 3 heterocycles. The van der Waals surface area contributed by atoms with Gasteiger partial charge in [0, 0.05) is 38.9 Å². The van der Waals surface area contributed by atoms with Crippen molar-refractivity contribution in [2.45, 2.75) is 63.6 Å². The van der Waals surface area contributed by atoms with Crippen molar-refractivity contribution in [2.75, 3.05) is 42.6 Å². The number of hydrogen-bond acceptors (Lipinski definition) is 6. The molecule has 1 N–H and O–H groups in total. The lowest BCUT2D eigenvalue weighted by Gasteiger charge is -2.49. The van der Waals surface area contributed by atoms with E-state index in [4.69, 9.17) is 4.74 Å². The highest BCUT2D eigenvalue weighted by molar-refractivity contribution is 5.51. The van der Waals surface area contributed by atoms with Crippen LogP contribution in [0.3, 0.4) is 0 Å². The maximum atomic E-state index is 9.51. The molecule has 3 aliphatic rings. The lowest BCUT2D eigenvalue weighted by molar-refractivity contribution is -0.148. The van der Waals surface area contributed by atoms with Crippen LogP contribution >= 0.6 is 0 Å². The molecule has 0 aromatic carbocycles. The van der Waals surface area contributed by atoms with Gasteiger partial charge in [-0.3, -0.25) is 0 Å². The number of anilines is 2. The van der Waals surface area contributed by atoms with Crippen LogP contribution in [0.5, 0.6) is 0 Å². The fourth-order valence-electron chi connectivity index (χ4n) is 5.06. The van der Waals surface area contributed by atoms with Crippen molar-refractivity contribution < 1.29 is 9.84 Å². The van der Waals surface area contributed by atoms with Crippen LogP contribution in [-0.2, 0) is 4.74 Å². The second kappa shape index (κ2) is 6.97. The Kier molecular flexibility index (Phi) is 4.82. The highest BCUT2D eigenvalue weighted by atomic mass is 16.5. The van der Waals surface area contributed by atoms with Crippen LogP contribution in [0.25, 0.3) is 0 Å². The van der Waals surface area contributed by atoms with Gasteiger partial charge in [-0.2, -0.15) is 0 Å². The molecule has 1 aromatic heterocycles. The maximum absolute atomic E-state index is 9.51. The van der Waals surface area contributed by atoms with Gasteiger partial charge < -0.3 is 19.6 Å². The number of aliphatic hydroxyl groups is 1. The Morgan fingerprint density at radius 2 is 1.85 bits per heavy atom. The Balaban J connectivity index is 1.55. The third-order valence-electron chi connectivity index (χ3n) is 6.12. The minimum Gasteiger partial charge on any atom is -0.396 e. The summed E-state index contributed by atoms with van der Waals surface area (Å²) in [7, 11) is 0. The summed E-state index contributed by atoms with van der Waals surface area (Å²) < 4.78 is 6.53. The molecule has 3 fully saturated rings. The van der Waals surface area contributed by atoms with Gasteiger partial charge in [0.15, 0.2) is 0 Å². The number of aromatic nitrogens is 2. The first-order chi connectivity index (χ1) is 12.5. The van der Waals surface area contributed by atoms with Gasteiger partial charge in [0.25, 0.3) is 0 Å². The van der Waals surface area contributed by atoms with E-state index >= 15 is 0 Å². The molecule has 0 radical (unpaired) electrons. The van der Waals surface area contributed by atoms with Gasteiger partial charge in [-0.05, 0) is 45.4 Å². The monoisotopic (exact) mass is 360 g/mol. The molecule has 0 bridgehead atoms. The van der Waals surface area contributed by atoms with E-state index < -0.39 is 0 Å². The molecule has 144 valence electrons. The van der Waals surface area contributed by atoms with Crippen molar-refractivity contribution in [3.63, 3.8) is 0 Å². The standard InChI is InChI=1S/C20H32N4O2/c1-19(2)13-24(14-20(26-19)7-3-4-8-20)18-10-17(21-15-22-18)23-9-5-6-16(11-23)12-25/h10,15-16,25H,3-9,11-14H2,1-2H3. The van der Waals surface area contributed by atoms with E-state index in [1.807, 2.05) is 0 Å². The summed E-state index contributed by atoms with van der Waals surface area (Å²) in [6.07, 6.45) is 8.72. The number of nitrogens with zero attached hydrogens (tertiary/aromatic N) is 4. The number of aliphatic hydroxyl groups excluding tert-OH is 1. The molecular weight excluding hydrogens is 328 g/mol. The molecule has 1 atom stereocenters. The van der Waals surface area contributed by atoms with Crippen LogP contribution in [0.2, 0.25) is 0 Å². The first-order valence-corrected chi connectivity index (χ1v) is 10.1. The van der Waals surface area contributed by atoms with Crippen LogP contribution in [0.15, 0.2) is 12.4 Å². The van der Waals surface area contributed by atoms with Gasteiger partial charge >= 0.3 is 0 Å². The van der Waals surface area contributed by atoms with Gasteiger partial charge in [0.05, 0.1) is 11.2 Å². The Morgan fingerprint density at radius 3 is 2.58 bits per heavy atom. The molecule has 0 amide bonds. The van der Waals surface area contributed by atoms with E-state index in [0.717, 1.165) is 63.5 Å². The Hall–Kier alpha value is -1.40. The summed E-state index contributed by atoms with van der Waals surface area (Å²) in [6.45, 7) is 8.30. The molecule has 6 heteroatoms. The van der Waals surface area contributed by atoms with Crippen molar-refractivity contribution >= 4 is 11.6 Å². The third-order valence-corrected chi connectivity index (χ3v) is 6.12. The number of hydrogen-bond donors (Lipinski definition) is 1. The van der Waals surface area contributed by atoms with Crippen molar-refractivity contribution in [1.82, 2.24) is 9.97 Å². The first-order valence-electron chi connectivity index (χ1n) is 10.1. The lowest BCUT2D eigenvalue weighted by atomic mass is 9.94. The van der Waals surface area contributed by atoms with Crippen LogP contribution in [0.4, 0.5) is 11.6 Å². The summed E-state index contributed by atoms with van der Waals surface area (Å²) in [5, 5.41) is 9.51. The van der Waals surface area contributed by atoms with Crippen LogP contribution in [-0.4, -0.2) is 59.1 Å². The molecule has 1 aromatic rings. The van der Waals surface area contributed by atoms with E-state index in [1.165, 1.54) is 12.8 Å². The molecule has 1 saturated carbocycles. The predicted octanol–water partition coefficient (Wildman–Crippen LogP) is 2.61. The third kappa shape index (κ3) is 3.67. The zero-order chi connectivity index (χ0) is 18.2. The molecule has 1 unspecified atom stereocenters. The second-order valence-electron chi connectivity index (χ2n) is 8.98. The van der Waals surface area contributed by atoms with Gasteiger partial charge in [-0.15, -0.1) is 0 Å². The fraction of sp³-hybridized carbons (Fsp3) is 0.800. The molecule has 1 spiro atoms. The first kappa shape index (κ1) is 18.0. The average Bonchev–Trinajstić information content (AvgIpc) is 3.07. The zero-order valence-corrected chi connectivity index (χ0v) is 16.2. The van der Waals surface area contributed by atoms with Crippen LogP contribution in [0.1, 0.15) is 52.4 Å². The smallest absolute Gasteiger partial charge is 0.134 e. The number of piperidine rings is 1. The Bertz CT molecular complexity index is 630. The van der Waals surface area contributed by atoms with Crippen LogP contribution in [0, 0.1) is 5.92 Å². The molecule has 26 heavy (non-hydrogen) atoms. The van der Waals surface area contributed by atoms with Crippen molar-refractivity contribution in [3.05, 3.63) is 12.4 Å². The van der Waals surface area contributed by atoms with E-state index in [1.54, 1.807) is 6.33 Å². The summed E-state index contributed by atoms with van der Waals surface area (Å²) in [5.74, 6) is 2.34. The lowest BCUT2D eigenvalue weighted by Crippen LogP contribution is -2.59. The summed E-state index contributed by atoms with van der Waals surface area (Å²) in [4.78, 5) is 13.8. The minimum atomic E-state index is -0.166. The SMILES string of the molecule is CC1(C)CN(c2cc(N3CCCC(CO)C3)ncn2)CC2(CCCC2)O1. The van der Waals surface area contributed by atoms with Crippen molar-refractivity contribution in [2.24, 2.45) is 5.92 Å². The van der Waals surface area contributed by atoms with Gasteiger partial charge in [0.1, 0.15) is 18.0 Å². The highest BCUT2D eigenvalue weighted by Crippen LogP contribution is 2.41. The maximum Gasteiger partial charge on any atom is 0.134 e. The van der Waals surface area contributed by atoms with Crippen LogP contribution < -0.4 is 9.80 Å². The molecule has 2 saturated heterocycles. The predicted molar refractivity (Wildman–Crippen MR) is 103 cm³/mol. The van der Waals surface area contributed by atoms with E-state index in [9.17, 15) is 5.11 Å². The summed E-state index contributed by atoms with van der Waals surface area (Å²) >= 11 is 0. The quantitative estimate of drug-likeness (QED) is 0.894. The van der Waals surface area contributed by atoms with E-state index in [2.05, 4.69) is 39.7 Å². The second-order valence-corrected chi connectivity index (χ2v) is 8.98. The summed E-state index contributed by atoms with van der Waals surface area (Å²) in [5.41, 5.74) is -0.180. The normalized spacial score (nSPS) is 27.9. The Morgan fingerprint density at radius 1 is 1.12 bits per heavy atom. The molecule has 6 nitrogen and oxygen atoms in total. The zero-order valence-electron chi connectivity index (χ0n) is 16.2. The van der Waals surface area contributed by atoms with Gasteiger partial charge in [-0.25, -0.2) is 9.97 Å². The largest absolute Gasteiger partial charge is 0.396 e.